The number of carboxylic acid groups (broad SMARTS) is 1. The molecule has 1 aliphatic heterocycles. The number of aliphatic carboxylic acids is 1. The Labute approximate surface area is 277 Å². The SMILES string of the molecule is COCCCn1cc(CN(C(=O)[C@H]2CNCC[C@@H]2c2cccc(-c3ccc(OCC(C)(C)C(=O)O)cc3)c2)C2CC2)c2ccccc21. The Morgan fingerprint density at radius 2 is 1.79 bits per heavy atom. The molecule has 0 spiro atoms. The zero-order valence-electron chi connectivity index (χ0n) is 27.8. The van der Waals surface area contributed by atoms with Gasteiger partial charge in [-0.1, -0.05) is 54.6 Å². The standard InChI is InChI=1S/C39H47N3O5/c1-39(2,38(44)45)26-47-32-16-12-27(13-17-32)28-8-6-9-29(22-28)33-18-19-40-23-35(33)37(43)42(31-14-15-31)25-30-24-41(20-7-21-46-3)36-11-5-4-10-34(30)36/h4-6,8-13,16-17,22,24,31,33,35,40H,7,14-15,18-21,23,25-26H2,1-3H3,(H,44,45)/t33-,35+/m1/s1. The fourth-order valence-corrected chi connectivity index (χ4v) is 6.72. The molecule has 0 radical (unpaired) electrons. The normalized spacial score (nSPS) is 18.3. The van der Waals surface area contributed by atoms with Crippen LogP contribution < -0.4 is 10.1 Å². The predicted molar refractivity (Wildman–Crippen MR) is 185 cm³/mol. The lowest BCUT2D eigenvalue weighted by molar-refractivity contribution is -0.148. The Morgan fingerprint density at radius 1 is 1.00 bits per heavy atom. The number of nitrogens with zero attached hydrogens (tertiary/aromatic N) is 2. The van der Waals surface area contributed by atoms with E-state index in [4.69, 9.17) is 9.47 Å². The van der Waals surface area contributed by atoms with Gasteiger partial charge in [-0.25, -0.2) is 0 Å². The van der Waals surface area contributed by atoms with Gasteiger partial charge in [0.05, 0.1) is 11.3 Å². The molecule has 2 heterocycles. The summed E-state index contributed by atoms with van der Waals surface area (Å²) in [4.78, 5) is 28.1. The number of aromatic nitrogens is 1. The largest absolute Gasteiger partial charge is 0.492 e. The summed E-state index contributed by atoms with van der Waals surface area (Å²) in [7, 11) is 1.74. The van der Waals surface area contributed by atoms with Gasteiger partial charge in [0.1, 0.15) is 12.4 Å². The number of carboxylic acids is 1. The number of carbonyl (C=O) groups is 2. The molecule has 47 heavy (non-hydrogen) atoms. The predicted octanol–water partition coefficient (Wildman–Crippen LogP) is 6.72. The van der Waals surface area contributed by atoms with Crippen LogP contribution in [0.2, 0.25) is 0 Å². The van der Waals surface area contributed by atoms with E-state index in [1.54, 1.807) is 21.0 Å². The van der Waals surface area contributed by atoms with Crippen LogP contribution in [0.4, 0.5) is 0 Å². The van der Waals surface area contributed by atoms with Crippen molar-refractivity contribution in [1.82, 2.24) is 14.8 Å². The first-order chi connectivity index (χ1) is 22.7. The van der Waals surface area contributed by atoms with Gasteiger partial charge in [0.25, 0.3) is 0 Å². The number of methoxy groups -OCH3 is 1. The molecule has 2 atom stereocenters. The molecular weight excluding hydrogens is 590 g/mol. The summed E-state index contributed by atoms with van der Waals surface area (Å²) in [5.41, 5.74) is 4.78. The maximum Gasteiger partial charge on any atom is 0.312 e. The zero-order valence-corrected chi connectivity index (χ0v) is 27.8. The van der Waals surface area contributed by atoms with Crippen molar-refractivity contribution in [3.63, 3.8) is 0 Å². The highest BCUT2D eigenvalue weighted by atomic mass is 16.5. The fourth-order valence-electron chi connectivity index (χ4n) is 6.72. The van der Waals surface area contributed by atoms with Gasteiger partial charge in [-0.3, -0.25) is 9.59 Å². The van der Waals surface area contributed by atoms with E-state index < -0.39 is 11.4 Å². The molecule has 8 heteroatoms. The summed E-state index contributed by atoms with van der Waals surface area (Å²) in [5, 5.41) is 14.1. The number of hydrogen-bond acceptors (Lipinski definition) is 5. The van der Waals surface area contributed by atoms with Crippen LogP contribution in [0.5, 0.6) is 5.75 Å². The highest BCUT2D eigenvalue weighted by Gasteiger charge is 2.40. The first-order valence-electron chi connectivity index (χ1n) is 16.9. The summed E-state index contributed by atoms with van der Waals surface area (Å²) in [6, 6.07) is 25.2. The first-order valence-corrected chi connectivity index (χ1v) is 16.9. The molecule has 4 aromatic rings. The van der Waals surface area contributed by atoms with Crippen LogP contribution in [-0.4, -0.2) is 65.9 Å². The summed E-state index contributed by atoms with van der Waals surface area (Å²) in [6.07, 6.45) is 6.21. The van der Waals surface area contributed by atoms with Gasteiger partial charge >= 0.3 is 5.97 Å². The molecule has 1 amide bonds. The number of ether oxygens (including phenoxy) is 2. The molecule has 3 aromatic carbocycles. The van der Waals surface area contributed by atoms with Crippen molar-refractivity contribution in [3.8, 4) is 16.9 Å². The van der Waals surface area contributed by atoms with E-state index >= 15 is 0 Å². The number of benzene rings is 3. The molecule has 6 rings (SSSR count). The van der Waals surface area contributed by atoms with Gasteiger partial charge in [0.2, 0.25) is 5.91 Å². The minimum absolute atomic E-state index is 0.0939. The van der Waals surface area contributed by atoms with Crippen LogP contribution in [0.15, 0.2) is 79.0 Å². The van der Waals surface area contributed by atoms with E-state index in [-0.39, 0.29) is 24.3 Å². The Bertz CT molecular complexity index is 1690. The topological polar surface area (TPSA) is 93.0 Å². The van der Waals surface area contributed by atoms with Crippen molar-refractivity contribution < 1.29 is 24.2 Å². The minimum atomic E-state index is -0.964. The van der Waals surface area contributed by atoms with Gasteiger partial charge in [-0.2, -0.15) is 0 Å². The Kier molecular flexibility index (Phi) is 9.99. The molecule has 0 bridgehead atoms. The van der Waals surface area contributed by atoms with Crippen molar-refractivity contribution in [2.75, 3.05) is 33.4 Å². The third-order valence-corrected chi connectivity index (χ3v) is 9.71. The molecular formula is C39H47N3O5. The number of nitrogens with one attached hydrogen (secondary N) is 1. The van der Waals surface area contributed by atoms with Crippen molar-refractivity contribution in [3.05, 3.63) is 90.1 Å². The third kappa shape index (κ3) is 7.55. The van der Waals surface area contributed by atoms with Crippen LogP contribution >= 0.6 is 0 Å². The van der Waals surface area contributed by atoms with Crippen LogP contribution in [0.25, 0.3) is 22.0 Å². The highest BCUT2D eigenvalue weighted by molar-refractivity contribution is 5.86. The Balaban J connectivity index is 1.20. The number of para-hydroxylation sites is 1. The lowest BCUT2D eigenvalue weighted by atomic mass is 9.79. The van der Waals surface area contributed by atoms with E-state index in [9.17, 15) is 14.7 Å². The second-order valence-corrected chi connectivity index (χ2v) is 13.7. The lowest BCUT2D eigenvalue weighted by Gasteiger charge is -2.36. The molecule has 0 unspecified atom stereocenters. The molecule has 2 fully saturated rings. The number of hydrogen-bond donors (Lipinski definition) is 2. The number of fused-ring (bicyclic) bond motifs is 1. The monoisotopic (exact) mass is 637 g/mol. The zero-order chi connectivity index (χ0) is 33.0. The molecule has 2 N–H and O–H groups in total. The fraction of sp³-hybridized carbons (Fsp3) is 0.436. The van der Waals surface area contributed by atoms with Crippen molar-refractivity contribution >= 4 is 22.8 Å². The number of amides is 1. The lowest BCUT2D eigenvalue weighted by Crippen LogP contribution is -2.47. The number of aryl methyl sites for hydroxylation is 1. The van der Waals surface area contributed by atoms with Crippen molar-refractivity contribution in [2.45, 2.75) is 64.6 Å². The molecule has 8 nitrogen and oxygen atoms in total. The molecule has 1 saturated heterocycles. The third-order valence-electron chi connectivity index (χ3n) is 9.71. The molecule has 2 aliphatic rings. The van der Waals surface area contributed by atoms with E-state index in [0.29, 0.717) is 24.9 Å². The number of piperidine rings is 1. The maximum absolute atomic E-state index is 14.5. The Morgan fingerprint density at radius 3 is 2.53 bits per heavy atom. The van der Waals surface area contributed by atoms with E-state index in [2.05, 4.69) is 69.5 Å². The van der Waals surface area contributed by atoms with Crippen LogP contribution in [0.3, 0.4) is 0 Å². The molecule has 1 aliphatic carbocycles. The molecule has 1 saturated carbocycles. The minimum Gasteiger partial charge on any atom is -0.492 e. The molecule has 248 valence electrons. The number of carbonyl (C=O) groups excluding carboxylic acids is 1. The summed E-state index contributed by atoms with van der Waals surface area (Å²) < 4.78 is 13.4. The van der Waals surface area contributed by atoms with Crippen LogP contribution in [0.1, 0.15) is 56.6 Å². The Hall–Kier alpha value is -4.14. The van der Waals surface area contributed by atoms with Crippen LogP contribution in [-0.2, 0) is 27.4 Å². The van der Waals surface area contributed by atoms with E-state index in [1.807, 2.05) is 24.3 Å². The second-order valence-electron chi connectivity index (χ2n) is 13.7. The summed E-state index contributed by atoms with van der Waals surface area (Å²) in [6.45, 7) is 7.20. The number of rotatable bonds is 14. The first kappa shape index (κ1) is 32.8. The van der Waals surface area contributed by atoms with E-state index in [1.165, 1.54) is 22.0 Å². The van der Waals surface area contributed by atoms with Gasteiger partial charge in [0.15, 0.2) is 0 Å². The smallest absolute Gasteiger partial charge is 0.312 e. The highest BCUT2D eigenvalue weighted by Crippen LogP contribution is 2.38. The second kappa shape index (κ2) is 14.3. The van der Waals surface area contributed by atoms with Gasteiger partial charge < -0.3 is 29.4 Å². The van der Waals surface area contributed by atoms with E-state index in [0.717, 1.165) is 56.5 Å². The van der Waals surface area contributed by atoms with Crippen LogP contribution in [0, 0.1) is 11.3 Å². The van der Waals surface area contributed by atoms with Gasteiger partial charge in [-0.05, 0) is 92.4 Å². The van der Waals surface area contributed by atoms with Gasteiger partial charge in [-0.15, -0.1) is 0 Å². The molecule has 1 aromatic heterocycles. The average molecular weight is 638 g/mol. The van der Waals surface area contributed by atoms with Gasteiger partial charge in [0, 0.05) is 56.5 Å². The van der Waals surface area contributed by atoms with Crippen molar-refractivity contribution in [2.24, 2.45) is 11.3 Å². The maximum atomic E-state index is 14.5. The quantitative estimate of drug-likeness (QED) is 0.149. The van der Waals surface area contributed by atoms with Crippen molar-refractivity contribution in [1.29, 1.82) is 0 Å². The summed E-state index contributed by atoms with van der Waals surface area (Å²) >= 11 is 0. The summed E-state index contributed by atoms with van der Waals surface area (Å²) in [5.74, 6) is -0.00923. The average Bonchev–Trinajstić information content (AvgIpc) is 3.88.